The van der Waals surface area contributed by atoms with Crippen molar-refractivity contribution in [3.63, 3.8) is 0 Å². The zero-order chi connectivity index (χ0) is 9.42. The first-order chi connectivity index (χ1) is 6.16. The van der Waals surface area contributed by atoms with Crippen LogP contribution >= 0.6 is 0 Å². The number of benzene rings is 1. The summed E-state index contributed by atoms with van der Waals surface area (Å²) < 4.78 is 4.77. The molecule has 5 nitrogen and oxygen atoms in total. The SMILES string of the molecule is Cc1nc2ccc(O)cc2c(=O)o1.[Na+].[OH-]. The summed E-state index contributed by atoms with van der Waals surface area (Å²) in [5.74, 6) is 0.355. The summed E-state index contributed by atoms with van der Waals surface area (Å²) in [7, 11) is 0. The van der Waals surface area contributed by atoms with Gasteiger partial charge in [-0.1, -0.05) is 0 Å². The van der Waals surface area contributed by atoms with Gasteiger partial charge in [-0.15, -0.1) is 0 Å². The first-order valence-corrected chi connectivity index (χ1v) is 3.77. The van der Waals surface area contributed by atoms with Gasteiger partial charge in [0, 0.05) is 6.92 Å². The first-order valence-electron chi connectivity index (χ1n) is 3.77. The Labute approximate surface area is 107 Å². The van der Waals surface area contributed by atoms with Crippen LogP contribution in [0.15, 0.2) is 27.4 Å². The molecule has 6 heteroatoms. The smallest absolute Gasteiger partial charge is 0.870 e. The third-order valence-corrected chi connectivity index (χ3v) is 1.72. The number of nitrogens with zero attached hydrogens (tertiary/aromatic N) is 1. The molecule has 1 aromatic carbocycles. The van der Waals surface area contributed by atoms with E-state index < -0.39 is 5.63 Å². The summed E-state index contributed by atoms with van der Waals surface area (Å²) in [4.78, 5) is 15.2. The van der Waals surface area contributed by atoms with Gasteiger partial charge in [-0.05, 0) is 18.2 Å². The fraction of sp³-hybridized carbons (Fsp3) is 0.111. The molecule has 0 saturated carbocycles. The van der Waals surface area contributed by atoms with Gasteiger partial charge >= 0.3 is 35.2 Å². The van der Waals surface area contributed by atoms with Crippen LogP contribution < -0.4 is 35.2 Å². The normalized spacial score (nSPS) is 9.13. The molecule has 0 radical (unpaired) electrons. The Bertz CT molecular complexity index is 523. The van der Waals surface area contributed by atoms with Crippen LogP contribution in [0, 0.1) is 6.92 Å². The molecule has 0 spiro atoms. The van der Waals surface area contributed by atoms with Crippen LogP contribution in [0.5, 0.6) is 5.75 Å². The largest absolute Gasteiger partial charge is 1.00 e. The molecular formula is C9H8NNaO4. The standard InChI is InChI=1S/C9H7NO3.Na.H2O/c1-5-10-8-3-2-6(11)4-7(8)9(12)13-5;;/h2-4,11H,1H3;;1H2/q;+1;/p-1. The summed E-state index contributed by atoms with van der Waals surface area (Å²) in [6, 6.07) is 4.40. The average Bonchev–Trinajstić information content (AvgIpc) is 2.06. The number of aromatic nitrogens is 1. The van der Waals surface area contributed by atoms with Gasteiger partial charge in [-0.2, -0.15) is 0 Å². The molecule has 2 aromatic rings. The number of aromatic hydroxyl groups is 1. The Hall–Kier alpha value is -0.880. The number of hydrogen-bond donors (Lipinski definition) is 1. The van der Waals surface area contributed by atoms with E-state index in [1.165, 1.54) is 12.1 Å². The minimum Gasteiger partial charge on any atom is -0.870 e. The maximum atomic E-state index is 11.2. The molecule has 1 aromatic heterocycles. The molecule has 0 bridgehead atoms. The number of rotatable bonds is 0. The van der Waals surface area contributed by atoms with Gasteiger partial charge in [0.05, 0.1) is 10.9 Å². The Morgan fingerprint density at radius 1 is 1.40 bits per heavy atom. The molecule has 0 saturated heterocycles. The van der Waals surface area contributed by atoms with Gasteiger partial charge in [0.1, 0.15) is 5.75 Å². The van der Waals surface area contributed by atoms with E-state index in [9.17, 15) is 4.79 Å². The van der Waals surface area contributed by atoms with Crippen LogP contribution in [0.25, 0.3) is 10.9 Å². The molecule has 1 heterocycles. The third-order valence-electron chi connectivity index (χ3n) is 1.72. The van der Waals surface area contributed by atoms with Gasteiger partial charge in [-0.3, -0.25) is 0 Å². The predicted molar refractivity (Wildman–Crippen MR) is 48.6 cm³/mol. The number of aryl methyl sites for hydroxylation is 1. The Morgan fingerprint density at radius 2 is 2.07 bits per heavy atom. The van der Waals surface area contributed by atoms with Gasteiger partial charge < -0.3 is 15.0 Å². The second-order valence-corrected chi connectivity index (χ2v) is 2.72. The van der Waals surface area contributed by atoms with Crippen molar-refractivity contribution in [1.29, 1.82) is 0 Å². The van der Waals surface area contributed by atoms with Gasteiger partial charge in [0.25, 0.3) is 0 Å². The van der Waals surface area contributed by atoms with Crippen molar-refractivity contribution in [1.82, 2.24) is 4.98 Å². The maximum absolute atomic E-state index is 11.2. The second-order valence-electron chi connectivity index (χ2n) is 2.72. The molecule has 2 N–H and O–H groups in total. The topological polar surface area (TPSA) is 93.3 Å². The Morgan fingerprint density at radius 3 is 2.73 bits per heavy atom. The molecule has 15 heavy (non-hydrogen) atoms. The van der Waals surface area contributed by atoms with Crippen LogP contribution in [-0.4, -0.2) is 15.6 Å². The number of hydrogen-bond acceptors (Lipinski definition) is 5. The monoisotopic (exact) mass is 217 g/mol. The molecule has 2 rings (SSSR count). The van der Waals surface area contributed by atoms with E-state index in [-0.39, 0.29) is 40.8 Å². The van der Waals surface area contributed by atoms with Gasteiger partial charge in [0.15, 0.2) is 5.89 Å². The van der Waals surface area contributed by atoms with E-state index in [0.29, 0.717) is 16.8 Å². The number of fused-ring (bicyclic) bond motifs is 1. The van der Waals surface area contributed by atoms with Gasteiger partial charge in [-0.25, -0.2) is 9.78 Å². The van der Waals surface area contributed by atoms with Crippen LogP contribution in [0.4, 0.5) is 0 Å². The molecule has 0 amide bonds. The number of phenolic OH excluding ortho intramolecular Hbond substituents is 1. The van der Waals surface area contributed by atoms with E-state index in [1.54, 1.807) is 13.0 Å². The minimum absolute atomic E-state index is 0. The molecule has 0 unspecified atom stereocenters. The summed E-state index contributed by atoms with van der Waals surface area (Å²) in [5, 5.41) is 9.41. The maximum Gasteiger partial charge on any atom is 1.00 e. The number of phenols is 1. The van der Waals surface area contributed by atoms with Crippen molar-refractivity contribution in [2.24, 2.45) is 0 Å². The molecule has 0 aliphatic heterocycles. The molecule has 0 aliphatic carbocycles. The van der Waals surface area contributed by atoms with Crippen molar-refractivity contribution in [3.8, 4) is 5.75 Å². The predicted octanol–water partition coefficient (Wildman–Crippen LogP) is -1.97. The van der Waals surface area contributed by atoms with E-state index in [2.05, 4.69) is 4.98 Å². The molecule has 0 fully saturated rings. The summed E-state index contributed by atoms with van der Waals surface area (Å²) in [5.41, 5.74) is 0.0601. The van der Waals surface area contributed by atoms with Crippen molar-refractivity contribution >= 4 is 10.9 Å². The minimum atomic E-state index is -0.474. The van der Waals surface area contributed by atoms with Crippen molar-refractivity contribution in [3.05, 3.63) is 34.5 Å². The zero-order valence-corrected chi connectivity index (χ0v) is 10.4. The first kappa shape index (κ1) is 14.1. The van der Waals surface area contributed by atoms with Crippen LogP contribution in [0.3, 0.4) is 0 Å². The fourth-order valence-corrected chi connectivity index (χ4v) is 1.17. The molecular weight excluding hydrogens is 209 g/mol. The van der Waals surface area contributed by atoms with Crippen LogP contribution in [-0.2, 0) is 0 Å². The third kappa shape index (κ3) is 2.79. The van der Waals surface area contributed by atoms with E-state index >= 15 is 0 Å². The van der Waals surface area contributed by atoms with Crippen molar-refractivity contribution in [2.75, 3.05) is 0 Å². The average molecular weight is 217 g/mol. The summed E-state index contributed by atoms with van der Waals surface area (Å²) >= 11 is 0. The second kappa shape index (κ2) is 5.27. The zero-order valence-electron chi connectivity index (χ0n) is 8.39. The van der Waals surface area contributed by atoms with E-state index in [1.807, 2.05) is 0 Å². The Kier molecular flexibility index (Phi) is 4.96. The summed E-state index contributed by atoms with van der Waals surface area (Å²) in [6.45, 7) is 1.60. The van der Waals surface area contributed by atoms with Crippen LogP contribution in [0.2, 0.25) is 0 Å². The molecule has 0 aliphatic rings. The summed E-state index contributed by atoms with van der Waals surface area (Å²) in [6.07, 6.45) is 0. The fourth-order valence-electron chi connectivity index (χ4n) is 1.17. The van der Waals surface area contributed by atoms with Crippen molar-refractivity contribution in [2.45, 2.75) is 6.92 Å². The Balaban J connectivity index is 0.000000980. The van der Waals surface area contributed by atoms with Crippen molar-refractivity contribution < 1.29 is 44.6 Å². The quantitative estimate of drug-likeness (QED) is 0.516. The van der Waals surface area contributed by atoms with Crippen LogP contribution in [0.1, 0.15) is 5.89 Å². The van der Waals surface area contributed by atoms with E-state index in [0.717, 1.165) is 0 Å². The molecule has 0 atom stereocenters. The van der Waals surface area contributed by atoms with Gasteiger partial charge in [0.2, 0.25) is 0 Å². The van der Waals surface area contributed by atoms with E-state index in [4.69, 9.17) is 9.52 Å². The molecule has 74 valence electrons.